The third-order valence-corrected chi connectivity index (χ3v) is 7.07. The average molecular weight is 436 g/mol. The van der Waals surface area contributed by atoms with Crippen molar-refractivity contribution < 1.29 is 24.2 Å². The number of nitrogens with one attached hydrogen (secondary N) is 2. The number of anilines is 1. The van der Waals surface area contributed by atoms with Crippen LogP contribution in [0.3, 0.4) is 0 Å². The molecule has 0 saturated carbocycles. The lowest BCUT2D eigenvalue weighted by atomic mass is 9.66. The monoisotopic (exact) mass is 435 g/mol. The number of carbonyl (C=O) groups excluding carboxylic acids is 3. The molecule has 4 rings (SSSR count). The summed E-state index contributed by atoms with van der Waals surface area (Å²) in [6.45, 7) is 1.93. The number of aliphatic hydroxyl groups is 1. The number of likely N-dealkylation sites (tertiary alicyclic amines) is 1. The summed E-state index contributed by atoms with van der Waals surface area (Å²) < 4.78 is 6.41. The minimum absolute atomic E-state index is 0.113. The van der Waals surface area contributed by atoms with E-state index in [4.69, 9.17) is 16.3 Å². The van der Waals surface area contributed by atoms with Gasteiger partial charge in [0.1, 0.15) is 11.6 Å². The summed E-state index contributed by atoms with van der Waals surface area (Å²) in [4.78, 5) is 41.1. The van der Waals surface area contributed by atoms with Gasteiger partial charge in [0.25, 0.3) is 0 Å². The third-order valence-electron chi connectivity index (χ3n) is 6.74. The number of benzene rings is 1. The van der Waals surface area contributed by atoms with Crippen LogP contribution in [-0.4, -0.2) is 65.2 Å². The first-order valence-electron chi connectivity index (χ1n) is 10.2. The zero-order valence-corrected chi connectivity index (χ0v) is 17.7. The molecule has 162 valence electrons. The Bertz CT molecular complexity index is 895. The molecule has 3 N–H and O–H groups in total. The standard InChI is InChI=1S/C21H26ClN3O5/c1-20-8-9-21(30-20)15(14(20)17(27)23-2)19(29)25(10-5-11-26)16(21)18(28)24-13-7-4-3-6-12(13)22/h3-4,6-7,14-16,26H,5,8-11H2,1-2H3,(H,23,27)(H,24,28)/t14-,15+,16?,20+,21?/m1/s1. The minimum Gasteiger partial charge on any atom is -0.396 e. The molecule has 9 heteroatoms. The summed E-state index contributed by atoms with van der Waals surface area (Å²) in [5, 5.41) is 15.2. The summed E-state index contributed by atoms with van der Waals surface area (Å²) in [5.41, 5.74) is -1.43. The van der Waals surface area contributed by atoms with Crippen molar-refractivity contribution in [3.63, 3.8) is 0 Å². The average Bonchev–Trinajstić information content (AvgIpc) is 3.28. The predicted octanol–water partition coefficient (Wildman–Crippen LogP) is 1.17. The summed E-state index contributed by atoms with van der Waals surface area (Å²) in [7, 11) is 1.54. The number of rotatable bonds is 6. The highest BCUT2D eigenvalue weighted by Gasteiger charge is 2.77. The molecule has 1 aromatic carbocycles. The van der Waals surface area contributed by atoms with E-state index in [-0.39, 0.29) is 25.0 Å². The summed E-state index contributed by atoms with van der Waals surface area (Å²) in [6, 6.07) is 5.96. The van der Waals surface area contributed by atoms with Gasteiger partial charge in [0.2, 0.25) is 17.7 Å². The number of hydrogen-bond donors (Lipinski definition) is 3. The van der Waals surface area contributed by atoms with Gasteiger partial charge in [-0.25, -0.2) is 0 Å². The van der Waals surface area contributed by atoms with E-state index in [0.717, 1.165) is 0 Å². The fraction of sp³-hybridized carbons (Fsp3) is 0.571. The molecule has 3 heterocycles. The van der Waals surface area contributed by atoms with Gasteiger partial charge in [-0.05, 0) is 38.3 Å². The van der Waals surface area contributed by atoms with Gasteiger partial charge in [-0.1, -0.05) is 23.7 Å². The molecule has 3 fully saturated rings. The van der Waals surface area contributed by atoms with Gasteiger partial charge < -0.3 is 25.4 Å². The molecule has 5 atom stereocenters. The lowest BCUT2D eigenvalue weighted by molar-refractivity contribution is -0.144. The Morgan fingerprint density at radius 2 is 2.03 bits per heavy atom. The molecular weight excluding hydrogens is 410 g/mol. The topological polar surface area (TPSA) is 108 Å². The van der Waals surface area contributed by atoms with E-state index in [1.165, 1.54) is 11.9 Å². The number of aliphatic hydroxyl groups excluding tert-OH is 1. The molecule has 0 aliphatic carbocycles. The molecule has 8 nitrogen and oxygen atoms in total. The Labute approximate surface area is 179 Å². The van der Waals surface area contributed by atoms with Crippen molar-refractivity contribution in [1.29, 1.82) is 0 Å². The van der Waals surface area contributed by atoms with Gasteiger partial charge in [0.05, 0.1) is 28.1 Å². The van der Waals surface area contributed by atoms with Crippen molar-refractivity contribution in [2.24, 2.45) is 11.8 Å². The largest absolute Gasteiger partial charge is 0.396 e. The summed E-state index contributed by atoms with van der Waals surface area (Å²) in [6.07, 6.45) is 1.41. The van der Waals surface area contributed by atoms with Gasteiger partial charge in [-0.3, -0.25) is 14.4 Å². The Hall–Kier alpha value is -2.16. The molecule has 3 saturated heterocycles. The van der Waals surface area contributed by atoms with E-state index in [0.29, 0.717) is 30.0 Å². The van der Waals surface area contributed by atoms with E-state index in [9.17, 15) is 19.5 Å². The fourth-order valence-corrected chi connectivity index (χ4v) is 5.71. The molecule has 30 heavy (non-hydrogen) atoms. The third kappa shape index (κ3) is 2.92. The minimum atomic E-state index is -1.08. The van der Waals surface area contributed by atoms with Crippen LogP contribution >= 0.6 is 11.6 Å². The number of para-hydroxylation sites is 1. The molecule has 1 aromatic rings. The molecular formula is C21H26ClN3O5. The van der Waals surface area contributed by atoms with Crippen molar-refractivity contribution in [1.82, 2.24) is 10.2 Å². The normalized spacial score (nSPS) is 34.2. The maximum Gasteiger partial charge on any atom is 0.250 e. The van der Waals surface area contributed by atoms with E-state index in [1.807, 2.05) is 6.92 Å². The number of ether oxygens (including phenoxy) is 1. The first-order chi connectivity index (χ1) is 14.3. The molecule has 2 unspecified atom stereocenters. The van der Waals surface area contributed by atoms with Crippen LogP contribution in [0.25, 0.3) is 0 Å². The Kier molecular flexibility index (Phi) is 5.28. The number of fused-ring (bicyclic) bond motifs is 1. The lowest BCUT2D eigenvalue weighted by Gasteiger charge is -2.33. The van der Waals surface area contributed by atoms with E-state index >= 15 is 0 Å². The van der Waals surface area contributed by atoms with Crippen LogP contribution in [0.15, 0.2) is 24.3 Å². The van der Waals surface area contributed by atoms with Crippen LogP contribution in [-0.2, 0) is 19.1 Å². The first kappa shape index (κ1) is 21.1. The maximum absolute atomic E-state index is 13.5. The van der Waals surface area contributed by atoms with Crippen molar-refractivity contribution in [2.75, 3.05) is 25.5 Å². The maximum atomic E-state index is 13.5. The van der Waals surface area contributed by atoms with E-state index in [2.05, 4.69) is 10.6 Å². The highest BCUT2D eigenvalue weighted by atomic mass is 35.5. The number of hydrogen-bond acceptors (Lipinski definition) is 5. The molecule has 3 aliphatic heterocycles. The highest BCUT2D eigenvalue weighted by molar-refractivity contribution is 6.33. The van der Waals surface area contributed by atoms with Crippen LogP contribution in [0.5, 0.6) is 0 Å². The molecule has 2 bridgehead atoms. The molecule has 3 amide bonds. The van der Waals surface area contributed by atoms with Crippen LogP contribution in [0.1, 0.15) is 26.2 Å². The molecule has 0 radical (unpaired) electrons. The van der Waals surface area contributed by atoms with Gasteiger partial charge in [0.15, 0.2) is 0 Å². The Morgan fingerprint density at radius 1 is 1.30 bits per heavy atom. The zero-order valence-electron chi connectivity index (χ0n) is 17.0. The zero-order chi connectivity index (χ0) is 21.7. The van der Waals surface area contributed by atoms with Crippen LogP contribution in [0.4, 0.5) is 5.69 Å². The van der Waals surface area contributed by atoms with Crippen LogP contribution in [0.2, 0.25) is 5.02 Å². The lowest BCUT2D eigenvalue weighted by Crippen LogP contribution is -2.53. The van der Waals surface area contributed by atoms with Crippen molar-refractivity contribution in [2.45, 2.75) is 43.4 Å². The van der Waals surface area contributed by atoms with Crippen LogP contribution < -0.4 is 10.6 Å². The summed E-state index contributed by atoms with van der Waals surface area (Å²) in [5.74, 6) is -2.35. The molecule has 1 spiro atoms. The predicted molar refractivity (Wildman–Crippen MR) is 110 cm³/mol. The second kappa shape index (κ2) is 7.51. The fourth-order valence-electron chi connectivity index (χ4n) is 5.53. The highest BCUT2D eigenvalue weighted by Crippen LogP contribution is 2.63. The van der Waals surface area contributed by atoms with Crippen LogP contribution in [0, 0.1) is 11.8 Å². The van der Waals surface area contributed by atoms with Gasteiger partial charge >= 0.3 is 0 Å². The van der Waals surface area contributed by atoms with E-state index < -0.39 is 35.0 Å². The second-order valence-corrected chi connectivity index (χ2v) is 8.83. The Morgan fingerprint density at radius 3 is 2.70 bits per heavy atom. The van der Waals surface area contributed by atoms with Gasteiger partial charge in [0, 0.05) is 20.2 Å². The first-order valence-corrected chi connectivity index (χ1v) is 10.6. The Balaban J connectivity index is 1.74. The second-order valence-electron chi connectivity index (χ2n) is 8.42. The smallest absolute Gasteiger partial charge is 0.250 e. The van der Waals surface area contributed by atoms with E-state index in [1.54, 1.807) is 24.3 Å². The number of amides is 3. The molecule has 0 aromatic heterocycles. The summed E-state index contributed by atoms with van der Waals surface area (Å²) >= 11 is 6.20. The SMILES string of the molecule is CNC(=O)[C@H]1[C@H]2C(=O)N(CCCO)C(C(=O)Nc3ccccc3Cl)C23CC[C@]1(C)O3. The van der Waals surface area contributed by atoms with Crippen molar-refractivity contribution in [3.05, 3.63) is 29.3 Å². The number of halogens is 1. The van der Waals surface area contributed by atoms with Gasteiger partial charge in [-0.15, -0.1) is 0 Å². The number of carbonyl (C=O) groups is 3. The van der Waals surface area contributed by atoms with Gasteiger partial charge in [-0.2, -0.15) is 0 Å². The number of nitrogens with zero attached hydrogens (tertiary/aromatic N) is 1. The molecule has 3 aliphatic rings. The van der Waals surface area contributed by atoms with Crippen molar-refractivity contribution in [3.8, 4) is 0 Å². The van der Waals surface area contributed by atoms with Crippen molar-refractivity contribution >= 4 is 35.0 Å². The quantitative estimate of drug-likeness (QED) is 0.621.